The molecule has 0 radical (unpaired) electrons. The van der Waals surface area contributed by atoms with Crippen LogP contribution in [-0.2, 0) is 32.7 Å². The normalized spacial score (nSPS) is 13.4. The summed E-state index contributed by atoms with van der Waals surface area (Å²) in [6.45, 7) is 3.68. The molecular formula is C86H154NO8P. The van der Waals surface area contributed by atoms with E-state index in [1.807, 2.05) is 0 Å². The van der Waals surface area contributed by atoms with Gasteiger partial charge < -0.3 is 20.1 Å². The highest BCUT2D eigenvalue weighted by Gasteiger charge is 2.26. The average molecular weight is 1360 g/mol. The molecule has 0 heterocycles. The van der Waals surface area contributed by atoms with E-state index < -0.39 is 26.5 Å². The Kier molecular flexibility index (Phi) is 77.8. The quantitative estimate of drug-likeness (QED) is 0.0264. The van der Waals surface area contributed by atoms with Crippen molar-refractivity contribution in [3.8, 4) is 0 Å². The van der Waals surface area contributed by atoms with Crippen molar-refractivity contribution >= 4 is 19.8 Å². The maximum atomic E-state index is 12.8. The summed E-state index contributed by atoms with van der Waals surface area (Å²) in [7, 11) is -4.40. The Morgan fingerprint density at radius 1 is 0.323 bits per heavy atom. The average Bonchev–Trinajstić information content (AvgIpc) is 1.90. The molecule has 0 saturated carbocycles. The van der Waals surface area contributed by atoms with Crippen LogP contribution in [0.15, 0.2) is 109 Å². The third-order valence-corrected chi connectivity index (χ3v) is 18.9. The number of hydrogen-bond donors (Lipinski definition) is 2. The first-order valence-corrected chi connectivity index (χ1v) is 42.4. The fourth-order valence-corrected chi connectivity index (χ4v) is 12.7. The molecule has 0 aromatic heterocycles. The van der Waals surface area contributed by atoms with Gasteiger partial charge in [0.1, 0.15) is 6.61 Å². The van der Waals surface area contributed by atoms with Crippen molar-refractivity contribution in [1.29, 1.82) is 0 Å². The Labute approximate surface area is 594 Å². The molecule has 0 spiro atoms. The minimum absolute atomic E-state index is 0.0495. The second-order valence-corrected chi connectivity index (χ2v) is 28.7. The smallest absolute Gasteiger partial charge is 0.462 e. The highest BCUT2D eigenvalue weighted by Crippen LogP contribution is 2.43. The van der Waals surface area contributed by atoms with E-state index in [9.17, 15) is 19.0 Å². The third kappa shape index (κ3) is 79.7. The van der Waals surface area contributed by atoms with Crippen LogP contribution in [0.4, 0.5) is 0 Å². The number of hydrogen-bond acceptors (Lipinski definition) is 8. The van der Waals surface area contributed by atoms with Gasteiger partial charge in [0.15, 0.2) is 6.10 Å². The molecular weight excluding hydrogens is 1210 g/mol. The van der Waals surface area contributed by atoms with Gasteiger partial charge >= 0.3 is 19.8 Å². The van der Waals surface area contributed by atoms with Gasteiger partial charge in [-0.05, 0) is 83.5 Å². The number of carbonyl (C=O) groups excluding carboxylic acids is 2. The number of esters is 2. The van der Waals surface area contributed by atoms with E-state index in [1.165, 1.54) is 257 Å². The van der Waals surface area contributed by atoms with Gasteiger partial charge in [-0.25, -0.2) is 4.57 Å². The van der Waals surface area contributed by atoms with E-state index >= 15 is 0 Å². The van der Waals surface area contributed by atoms with E-state index in [1.54, 1.807) is 0 Å². The Bertz CT molecular complexity index is 1950. The lowest BCUT2D eigenvalue weighted by atomic mass is 10.0. The zero-order chi connectivity index (χ0) is 69.3. The Balaban J connectivity index is 3.82. The Morgan fingerprint density at radius 3 is 0.854 bits per heavy atom. The molecule has 0 amide bonds. The first-order valence-electron chi connectivity index (χ1n) is 40.9. The first kappa shape index (κ1) is 92.7. The topological polar surface area (TPSA) is 134 Å². The molecule has 0 aromatic rings. The summed E-state index contributed by atoms with van der Waals surface area (Å²) in [5.41, 5.74) is 5.42. The van der Waals surface area contributed by atoms with Crippen molar-refractivity contribution in [3.05, 3.63) is 109 Å². The predicted octanol–water partition coefficient (Wildman–Crippen LogP) is 27.6. The number of nitrogens with two attached hydrogens (primary N) is 1. The van der Waals surface area contributed by atoms with Crippen LogP contribution in [0.5, 0.6) is 0 Å². The number of phosphoric acid groups is 1. The zero-order valence-electron chi connectivity index (χ0n) is 62.8. The van der Waals surface area contributed by atoms with Crippen LogP contribution in [0, 0.1) is 0 Å². The van der Waals surface area contributed by atoms with Gasteiger partial charge in [-0.3, -0.25) is 18.6 Å². The minimum Gasteiger partial charge on any atom is -0.462 e. The van der Waals surface area contributed by atoms with Crippen molar-refractivity contribution in [2.75, 3.05) is 26.4 Å². The van der Waals surface area contributed by atoms with Crippen molar-refractivity contribution in [2.24, 2.45) is 5.73 Å². The summed E-state index contributed by atoms with van der Waals surface area (Å²) in [5, 5.41) is 0. The molecule has 0 aromatic carbocycles. The standard InChI is InChI=1S/C86H154NO8P/c1-3-5-7-9-11-13-15-17-19-21-23-25-27-29-31-33-35-37-39-41-43-44-46-48-50-52-54-56-58-60-62-64-66-68-70-72-74-76-78-85(88)92-82-84(83-94-96(90,91)93-81-80-87)95-86(89)79-77-75-73-71-69-67-65-63-61-59-57-55-53-51-49-47-45-42-40-38-36-34-32-30-28-26-24-22-20-18-16-14-12-10-8-6-4-2/h6,8,12,14,18,20,24,26,30,32,36,38,42,45,49,51,55,57,84H,3-5,7,9-11,13,15-17,19,21-23,25,27-29,31,33-35,37,39-41,43-44,46-48,50,52-54,56,58-83,87H2,1-2H3,(H,90,91)/b8-6-,14-12-,20-18-,26-24-,32-30-,38-36-,45-42-,51-49-,57-55-. The van der Waals surface area contributed by atoms with Gasteiger partial charge in [-0.1, -0.05) is 406 Å². The summed E-state index contributed by atoms with van der Waals surface area (Å²) in [6, 6.07) is 0. The lowest BCUT2D eigenvalue weighted by Gasteiger charge is -2.19. The van der Waals surface area contributed by atoms with Crippen molar-refractivity contribution < 1.29 is 37.6 Å². The van der Waals surface area contributed by atoms with Crippen LogP contribution < -0.4 is 5.73 Å². The predicted molar refractivity (Wildman–Crippen MR) is 418 cm³/mol. The molecule has 0 bridgehead atoms. The summed E-state index contributed by atoms with van der Waals surface area (Å²) in [6.07, 6.45) is 112. The second kappa shape index (κ2) is 80.6. The van der Waals surface area contributed by atoms with E-state index in [2.05, 4.69) is 123 Å². The molecule has 10 heteroatoms. The Morgan fingerprint density at radius 2 is 0.573 bits per heavy atom. The fourth-order valence-electron chi connectivity index (χ4n) is 11.9. The molecule has 0 saturated heterocycles. The molecule has 2 unspecified atom stereocenters. The fraction of sp³-hybridized carbons (Fsp3) is 0.767. The largest absolute Gasteiger partial charge is 0.472 e. The Hall–Kier alpha value is -3.33. The summed E-state index contributed by atoms with van der Waals surface area (Å²) >= 11 is 0. The highest BCUT2D eigenvalue weighted by molar-refractivity contribution is 7.47. The molecule has 0 fully saturated rings. The summed E-state index contributed by atoms with van der Waals surface area (Å²) < 4.78 is 33.3. The minimum atomic E-state index is -4.40. The number of unbranched alkanes of at least 4 members (excludes halogenated alkanes) is 46. The third-order valence-electron chi connectivity index (χ3n) is 17.9. The molecule has 2 atom stereocenters. The van der Waals surface area contributed by atoms with Crippen LogP contribution in [-0.4, -0.2) is 49.3 Å². The first-order chi connectivity index (χ1) is 47.3. The van der Waals surface area contributed by atoms with Crippen LogP contribution in [0.1, 0.15) is 393 Å². The molecule has 9 nitrogen and oxygen atoms in total. The van der Waals surface area contributed by atoms with Crippen LogP contribution in [0.3, 0.4) is 0 Å². The molecule has 96 heavy (non-hydrogen) atoms. The second-order valence-electron chi connectivity index (χ2n) is 27.3. The molecule has 0 aliphatic rings. The van der Waals surface area contributed by atoms with Crippen LogP contribution in [0.25, 0.3) is 0 Å². The highest BCUT2D eigenvalue weighted by atomic mass is 31.2. The lowest BCUT2D eigenvalue weighted by molar-refractivity contribution is -0.161. The number of rotatable bonds is 77. The lowest BCUT2D eigenvalue weighted by Crippen LogP contribution is -2.29. The van der Waals surface area contributed by atoms with Gasteiger partial charge in [0, 0.05) is 19.4 Å². The van der Waals surface area contributed by atoms with E-state index in [4.69, 9.17) is 24.3 Å². The molecule has 0 rings (SSSR count). The van der Waals surface area contributed by atoms with Gasteiger partial charge in [0.05, 0.1) is 13.2 Å². The van der Waals surface area contributed by atoms with Gasteiger partial charge in [0.25, 0.3) is 0 Å². The van der Waals surface area contributed by atoms with Crippen LogP contribution in [0.2, 0.25) is 0 Å². The molecule has 3 N–H and O–H groups in total. The van der Waals surface area contributed by atoms with E-state index in [0.717, 1.165) is 103 Å². The van der Waals surface area contributed by atoms with Crippen molar-refractivity contribution in [1.82, 2.24) is 0 Å². The van der Waals surface area contributed by atoms with E-state index in [0.29, 0.717) is 6.42 Å². The van der Waals surface area contributed by atoms with Crippen LogP contribution >= 0.6 is 7.82 Å². The van der Waals surface area contributed by atoms with E-state index in [-0.39, 0.29) is 38.6 Å². The maximum absolute atomic E-state index is 12.8. The van der Waals surface area contributed by atoms with Crippen molar-refractivity contribution in [3.63, 3.8) is 0 Å². The van der Waals surface area contributed by atoms with Crippen molar-refractivity contribution in [2.45, 2.75) is 399 Å². The number of ether oxygens (including phenoxy) is 2. The SMILES string of the molecule is CC/C=C\C/C=C\C/C=C\C/C=C\C/C=C\C/C=C\C/C=C\C/C=C\C/C=C\CCCCCCCCCCCC(=O)OC(COC(=O)CCCCCCCCCCCCCCCCCCCCCCCCCCCCCCCCCCCCCCCC)COP(=O)(O)OCCN. The monoisotopic (exact) mass is 1360 g/mol. The summed E-state index contributed by atoms with van der Waals surface area (Å²) in [5.74, 6) is -0.823. The van der Waals surface area contributed by atoms with Gasteiger partial charge in [-0.2, -0.15) is 0 Å². The molecule has 556 valence electrons. The van der Waals surface area contributed by atoms with Gasteiger partial charge in [-0.15, -0.1) is 0 Å². The number of allylic oxidation sites excluding steroid dienone is 18. The number of phosphoric ester groups is 1. The zero-order valence-corrected chi connectivity index (χ0v) is 63.7. The van der Waals surface area contributed by atoms with Gasteiger partial charge in [0.2, 0.25) is 0 Å². The maximum Gasteiger partial charge on any atom is 0.472 e. The summed E-state index contributed by atoms with van der Waals surface area (Å²) in [4.78, 5) is 35.5. The molecule has 0 aliphatic carbocycles. The number of carbonyl (C=O) groups is 2. The molecule has 0 aliphatic heterocycles.